The SMILES string of the molecule is CN1Cc2c(C3=CCN([C@H]4CC[C@@H](C(=O)O)CC4)CC3)[nH]c3ncc(F)c(c23)-c2ccccc21. The molecule has 0 spiro atoms. The Hall–Kier alpha value is -3.19. The number of H-pyrrole nitrogens is 1. The molecule has 0 atom stereocenters. The fraction of sp³-hybridized carbons (Fsp3) is 0.407. The van der Waals surface area contributed by atoms with E-state index < -0.39 is 5.97 Å². The number of benzene rings is 1. The molecular weight excluding hydrogens is 431 g/mol. The van der Waals surface area contributed by atoms with Gasteiger partial charge >= 0.3 is 5.97 Å². The number of halogens is 1. The summed E-state index contributed by atoms with van der Waals surface area (Å²) in [6.45, 7) is 2.50. The molecule has 0 amide bonds. The number of rotatable bonds is 3. The Morgan fingerprint density at radius 1 is 1.21 bits per heavy atom. The van der Waals surface area contributed by atoms with Gasteiger partial charge in [-0.2, -0.15) is 0 Å². The van der Waals surface area contributed by atoms with Gasteiger partial charge in [0, 0.05) is 66.2 Å². The van der Waals surface area contributed by atoms with Gasteiger partial charge in [0.15, 0.2) is 0 Å². The van der Waals surface area contributed by atoms with E-state index in [4.69, 9.17) is 0 Å². The van der Waals surface area contributed by atoms with Crippen molar-refractivity contribution in [2.75, 3.05) is 25.0 Å². The second-order valence-electron chi connectivity index (χ2n) is 9.87. The zero-order valence-corrected chi connectivity index (χ0v) is 19.4. The van der Waals surface area contributed by atoms with Crippen LogP contribution >= 0.6 is 0 Å². The number of aliphatic carboxylic acids is 1. The Morgan fingerprint density at radius 2 is 2.00 bits per heavy atom. The van der Waals surface area contributed by atoms with Crippen LogP contribution in [0.15, 0.2) is 36.5 Å². The summed E-state index contributed by atoms with van der Waals surface area (Å²) in [7, 11) is 2.06. The molecule has 3 aliphatic rings. The van der Waals surface area contributed by atoms with Gasteiger partial charge in [-0.3, -0.25) is 9.69 Å². The molecule has 0 radical (unpaired) electrons. The van der Waals surface area contributed by atoms with E-state index in [1.807, 2.05) is 24.3 Å². The molecule has 1 saturated carbocycles. The molecule has 3 aromatic rings. The van der Waals surface area contributed by atoms with Crippen molar-refractivity contribution >= 4 is 28.3 Å². The third-order valence-corrected chi connectivity index (χ3v) is 7.98. The van der Waals surface area contributed by atoms with Gasteiger partial charge in [0.1, 0.15) is 11.5 Å². The molecule has 0 saturated heterocycles. The van der Waals surface area contributed by atoms with Crippen LogP contribution in [0.1, 0.15) is 43.4 Å². The smallest absolute Gasteiger partial charge is 0.306 e. The van der Waals surface area contributed by atoms with E-state index in [1.54, 1.807) is 0 Å². The molecular formula is C27H29FN4O2. The molecule has 4 heterocycles. The summed E-state index contributed by atoms with van der Waals surface area (Å²) < 4.78 is 15.2. The fourth-order valence-corrected chi connectivity index (χ4v) is 6.16. The van der Waals surface area contributed by atoms with Crippen molar-refractivity contribution in [3.05, 3.63) is 53.6 Å². The second kappa shape index (κ2) is 8.24. The largest absolute Gasteiger partial charge is 0.481 e. The quantitative estimate of drug-likeness (QED) is 0.572. The summed E-state index contributed by atoms with van der Waals surface area (Å²) in [5, 5.41) is 10.2. The van der Waals surface area contributed by atoms with Gasteiger partial charge in [0.25, 0.3) is 0 Å². The maximum absolute atomic E-state index is 15.2. The molecule has 34 heavy (non-hydrogen) atoms. The molecule has 2 N–H and O–H groups in total. The van der Waals surface area contributed by atoms with Crippen molar-refractivity contribution < 1.29 is 14.3 Å². The molecule has 1 fully saturated rings. The Morgan fingerprint density at radius 3 is 2.74 bits per heavy atom. The first-order valence-electron chi connectivity index (χ1n) is 12.2. The fourth-order valence-electron chi connectivity index (χ4n) is 6.16. The van der Waals surface area contributed by atoms with E-state index in [-0.39, 0.29) is 11.7 Å². The van der Waals surface area contributed by atoms with E-state index in [2.05, 4.69) is 32.9 Å². The number of carboxylic acids is 1. The normalized spacial score (nSPS) is 22.9. The van der Waals surface area contributed by atoms with E-state index >= 15 is 4.39 Å². The summed E-state index contributed by atoms with van der Waals surface area (Å²) in [5.41, 5.74) is 6.74. The summed E-state index contributed by atoms with van der Waals surface area (Å²) in [6.07, 6.45) is 7.97. The van der Waals surface area contributed by atoms with Crippen molar-refractivity contribution in [1.82, 2.24) is 14.9 Å². The number of nitrogens with one attached hydrogen (secondary N) is 1. The Bertz CT molecular complexity index is 1310. The highest BCUT2D eigenvalue weighted by atomic mass is 19.1. The number of nitrogens with zero attached hydrogens (tertiary/aromatic N) is 3. The number of hydrogen-bond acceptors (Lipinski definition) is 4. The van der Waals surface area contributed by atoms with Gasteiger partial charge in [0.05, 0.1) is 12.1 Å². The van der Waals surface area contributed by atoms with Gasteiger partial charge in [-0.25, -0.2) is 9.37 Å². The monoisotopic (exact) mass is 460 g/mol. The first kappa shape index (κ1) is 21.4. The van der Waals surface area contributed by atoms with E-state index in [1.165, 1.54) is 11.8 Å². The average Bonchev–Trinajstić information content (AvgIpc) is 3.15. The average molecular weight is 461 g/mol. The number of pyridine rings is 1. The minimum absolute atomic E-state index is 0.182. The van der Waals surface area contributed by atoms with Crippen LogP contribution in [0, 0.1) is 11.7 Å². The predicted octanol–water partition coefficient (Wildman–Crippen LogP) is 5.05. The van der Waals surface area contributed by atoms with Crippen molar-refractivity contribution in [2.45, 2.75) is 44.7 Å². The van der Waals surface area contributed by atoms with Crippen LogP contribution < -0.4 is 4.90 Å². The molecule has 2 aromatic heterocycles. The van der Waals surface area contributed by atoms with Gasteiger partial charge in [-0.05, 0) is 43.7 Å². The molecule has 0 bridgehead atoms. The van der Waals surface area contributed by atoms with Crippen molar-refractivity contribution in [1.29, 1.82) is 0 Å². The number of aromatic nitrogens is 2. The highest BCUT2D eigenvalue weighted by Crippen LogP contribution is 2.44. The zero-order chi connectivity index (χ0) is 23.4. The molecule has 1 aromatic carbocycles. The predicted molar refractivity (Wildman–Crippen MR) is 131 cm³/mol. The maximum Gasteiger partial charge on any atom is 0.306 e. The van der Waals surface area contributed by atoms with Crippen molar-refractivity contribution in [2.24, 2.45) is 5.92 Å². The molecule has 6 rings (SSSR count). The Balaban J connectivity index is 1.33. The number of carbonyl (C=O) groups is 1. The Labute approximate surface area is 198 Å². The van der Waals surface area contributed by atoms with Gasteiger partial charge < -0.3 is 15.0 Å². The standard InChI is InChI=1S/C27H29FN4O2/c1-31-15-20-24-23(19-4-2-3-5-22(19)31)21(28)14-29-26(24)30-25(20)16-10-12-32(13-11-16)18-8-6-17(7-9-18)27(33)34/h2-5,10,14,17-18H,6-9,11-13,15H2,1H3,(H,29,30)(H,33,34)/t17-,18+. The molecule has 0 unspecified atom stereocenters. The van der Waals surface area contributed by atoms with Crippen LogP contribution in [-0.4, -0.2) is 52.1 Å². The number of hydrogen-bond donors (Lipinski definition) is 2. The lowest BCUT2D eigenvalue weighted by molar-refractivity contribution is -0.143. The number of aromatic amines is 1. The first-order valence-corrected chi connectivity index (χ1v) is 12.2. The summed E-state index contributed by atoms with van der Waals surface area (Å²) >= 11 is 0. The van der Waals surface area contributed by atoms with Crippen LogP contribution in [0.5, 0.6) is 0 Å². The highest BCUT2D eigenvalue weighted by Gasteiger charge is 2.32. The third-order valence-electron chi connectivity index (χ3n) is 7.98. The molecule has 1 aliphatic carbocycles. The first-order chi connectivity index (χ1) is 16.5. The Kier molecular flexibility index (Phi) is 5.17. The van der Waals surface area contributed by atoms with Gasteiger partial charge in [0.2, 0.25) is 0 Å². The van der Waals surface area contributed by atoms with Crippen LogP contribution in [0.4, 0.5) is 10.1 Å². The summed E-state index contributed by atoms with van der Waals surface area (Å²) in [6, 6.07) is 8.45. The lowest BCUT2D eigenvalue weighted by Gasteiger charge is -2.37. The van der Waals surface area contributed by atoms with Crippen LogP contribution in [-0.2, 0) is 11.3 Å². The second-order valence-corrected chi connectivity index (χ2v) is 9.87. The van der Waals surface area contributed by atoms with Crippen molar-refractivity contribution in [3.8, 4) is 11.1 Å². The third kappa shape index (κ3) is 3.41. The van der Waals surface area contributed by atoms with Gasteiger partial charge in [-0.15, -0.1) is 0 Å². The zero-order valence-electron chi connectivity index (χ0n) is 19.4. The number of carboxylic acid groups (broad SMARTS) is 1. The van der Waals surface area contributed by atoms with Crippen LogP contribution in [0.25, 0.3) is 27.7 Å². The summed E-state index contributed by atoms with van der Waals surface area (Å²) in [5.74, 6) is -1.12. The van der Waals surface area contributed by atoms with E-state index in [0.29, 0.717) is 18.2 Å². The number of fused-ring (bicyclic) bond motifs is 2. The highest BCUT2D eigenvalue weighted by molar-refractivity contribution is 6.03. The molecule has 6 nitrogen and oxygen atoms in total. The minimum atomic E-state index is -0.653. The van der Waals surface area contributed by atoms with E-state index in [0.717, 1.165) is 78.7 Å². The minimum Gasteiger partial charge on any atom is -0.481 e. The molecule has 176 valence electrons. The molecule has 2 aliphatic heterocycles. The molecule has 7 heteroatoms. The van der Waals surface area contributed by atoms with Gasteiger partial charge in [-0.1, -0.05) is 24.3 Å². The lowest BCUT2D eigenvalue weighted by atomic mass is 9.84. The van der Waals surface area contributed by atoms with Crippen molar-refractivity contribution in [3.63, 3.8) is 0 Å². The topological polar surface area (TPSA) is 72.5 Å². The maximum atomic E-state index is 15.2. The number of para-hydroxylation sites is 1. The lowest BCUT2D eigenvalue weighted by Crippen LogP contribution is -2.41. The van der Waals surface area contributed by atoms with E-state index in [9.17, 15) is 9.90 Å². The van der Waals surface area contributed by atoms with Crippen LogP contribution in [0.2, 0.25) is 0 Å². The van der Waals surface area contributed by atoms with Crippen LogP contribution in [0.3, 0.4) is 0 Å². The number of anilines is 1. The summed E-state index contributed by atoms with van der Waals surface area (Å²) in [4.78, 5) is 23.9.